The highest BCUT2D eigenvalue weighted by Gasteiger charge is 2.14. The van der Waals surface area contributed by atoms with Gasteiger partial charge in [0.15, 0.2) is 5.82 Å². The molecule has 0 saturated carbocycles. The third kappa shape index (κ3) is 1.84. The zero-order valence-electron chi connectivity index (χ0n) is 8.69. The standard InChI is InChI=1S/C11H4Cl2FN3S/c12-5-1-2-6(14)9-8(5)10(13)17-11(16-9)7-3-15-4-18-7/h1-4H. The second-order valence-corrected chi connectivity index (χ2v) is 5.11. The summed E-state index contributed by atoms with van der Waals surface area (Å²) in [5.74, 6) is -0.138. The number of thiazole rings is 1. The third-order valence-corrected chi connectivity index (χ3v) is 3.72. The highest BCUT2D eigenvalue weighted by molar-refractivity contribution is 7.13. The van der Waals surface area contributed by atoms with Crippen molar-refractivity contribution in [3.63, 3.8) is 0 Å². The fourth-order valence-electron chi connectivity index (χ4n) is 1.56. The predicted octanol–water partition coefficient (Wildman–Crippen LogP) is 4.20. The van der Waals surface area contributed by atoms with Crippen LogP contribution in [0.25, 0.3) is 21.6 Å². The Hall–Kier alpha value is -1.30. The zero-order valence-corrected chi connectivity index (χ0v) is 11.0. The van der Waals surface area contributed by atoms with Gasteiger partial charge < -0.3 is 0 Å². The van der Waals surface area contributed by atoms with Gasteiger partial charge in [0, 0.05) is 6.20 Å². The van der Waals surface area contributed by atoms with Crippen LogP contribution in [0.5, 0.6) is 0 Å². The summed E-state index contributed by atoms with van der Waals surface area (Å²) >= 11 is 13.4. The van der Waals surface area contributed by atoms with Crippen molar-refractivity contribution in [2.45, 2.75) is 0 Å². The first kappa shape index (κ1) is 11.8. The SMILES string of the molecule is Fc1ccc(Cl)c2c(Cl)nc(-c3cncs3)nc12. The lowest BCUT2D eigenvalue weighted by Crippen LogP contribution is -1.93. The van der Waals surface area contributed by atoms with Crippen LogP contribution in [0.15, 0.2) is 23.8 Å². The molecule has 3 rings (SSSR count). The van der Waals surface area contributed by atoms with Crippen LogP contribution in [0.1, 0.15) is 0 Å². The van der Waals surface area contributed by atoms with Crippen LogP contribution in [0.3, 0.4) is 0 Å². The van der Waals surface area contributed by atoms with E-state index in [-0.39, 0.29) is 10.7 Å². The van der Waals surface area contributed by atoms with Crippen molar-refractivity contribution < 1.29 is 4.39 Å². The third-order valence-electron chi connectivity index (χ3n) is 2.36. The van der Waals surface area contributed by atoms with Crippen molar-refractivity contribution in [3.05, 3.63) is 39.8 Å². The molecule has 0 atom stereocenters. The van der Waals surface area contributed by atoms with Gasteiger partial charge in [-0.05, 0) is 12.1 Å². The van der Waals surface area contributed by atoms with E-state index < -0.39 is 5.82 Å². The van der Waals surface area contributed by atoms with Crippen LogP contribution in [0.4, 0.5) is 4.39 Å². The molecule has 2 heterocycles. The maximum atomic E-state index is 13.7. The Labute approximate surface area is 115 Å². The fourth-order valence-corrected chi connectivity index (χ4v) is 2.68. The second kappa shape index (κ2) is 4.42. The molecule has 18 heavy (non-hydrogen) atoms. The minimum Gasteiger partial charge on any atom is -0.252 e. The Balaban J connectivity index is 2.37. The first-order chi connectivity index (χ1) is 8.66. The van der Waals surface area contributed by atoms with Crippen LogP contribution < -0.4 is 0 Å². The average Bonchev–Trinajstić information content (AvgIpc) is 2.87. The minimum atomic E-state index is -0.482. The highest BCUT2D eigenvalue weighted by atomic mass is 35.5. The van der Waals surface area contributed by atoms with E-state index in [0.29, 0.717) is 16.2 Å². The number of halogens is 3. The van der Waals surface area contributed by atoms with Crippen LogP contribution in [-0.4, -0.2) is 15.0 Å². The van der Waals surface area contributed by atoms with Gasteiger partial charge in [0.2, 0.25) is 0 Å². The van der Waals surface area contributed by atoms with E-state index in [1.54, 1.807) is 11.7 Å². The molecule has 2 aromatic heterocycles. The maximum absolute atomic E-state index is 13.7. The molecular formula is C11H4Cl2FN3S. The quantitative estimate of drug-likeness (QED) is 0.632. The molecule has 0 aliphatic rings. The topological polar surface area (TPSA) is 38.7 Å². The van der Waals surface area contributed by atoms with Crippen molar-refractivity contribution in [1.29, 1.82) is 0 Å². The predicted molar refractivity (Wildman–Crippen MR) is 70.6 cm³/mol. The molecule has 0 N–H and O–H groups in total. The molecule has 0 aliphatic heterocycles. The van der Waals surface area contributed by atoms with Gasteiger partial charge in [-0.3, -0.25) is 4.98 Å². The van der Waals surface area contributed by atoms with Gasteiger partial charge in [-0.2, -0.15) is 0 Å². The van der Waals surface area contributed by atoms with Crippen LogP contribution in [0, 0.1) is 5.82 Å². The molecule has 0 unspecified atom stereocenters. The van der Waals surface area contributed by atoms with Crippen LogP contribution >= 0.6 is 34.5 Å². The summed E-state index contributed by atoms with van der Waals surface area (Å²) in [7, 11) is 0. The summed E-state index contributed by atoms with van der Waals surface area (Å²) in [5.41, 5.74) is 1.76. The molecule has 0 fully saturated rings. The largest absolute Gasteiger partial charge is 0.252 e. The average molecular weight is 300 g/mol. The van der Waals surface area contributed by atoms with E-state index in [2.05, 4.69) is 15.0 Å². The first-order valence-corrected chi connectivity index (χ1v) is 6.50. The number of aromatic nitrogens is 3. The summed E-state index contributed by atoms with van der Waals surface area (Å²) in [6.07, 6.45) is 1.60. The molecule has 0 spiro atoms. The number of fused-ring (bicyclic) bond motifs is 1. The number of benzene rings is 1. The van der Waals surface area contributed by atoms with Crippen molar-refractivity contribution in [3.8, 4) is 10.7 Å². The molecule has 3 aromatic rings. The van der Waals surface area contributed by atoms with Gasteiger partial charge in [0.25, 0.3) is 0 Å². The summed E-state index contributed by atoms with van der Waals surface area (Å²) in [5, 5.41) is 0.784. The van der Waals surface area contributed by atoms with E-state index in [0.717, 1.165) is 4.88 Å². The molecule has 0 amide bonds. The normalized spacial score (nSPS) is 11.1. The lowest BCUT2D eigenvalue weighted by Gasteiger charge is -2.05. The monoisotopic (exact) mass is 299 g/mol. The maximum Gasteiger partial charge on any atom is 0.173 e. The van der Waals surface area contributed by atoms with Crippen LogP contribution in [0.2, 0.25) is 10.2 Å². The van der Waals surface area contributed by atoms with Crippen molar-refractivity contribution >= 4 is 45.4 Å². The number of rotatable bonds is 1. The molecular weight excluding hydrogens is 296 g/mol. The van der Waals surface area contributed by atoms with E-state index in [9.17, 15) is 4.39 Å². The zero-order chi connectivity index (χ0) is 12.7. The molecule has 0 aliphatic carbocycles. The Morgan fingerprint density at radius 1 is 1.17 bits per heavy atom. The molecule has 90 valence electrons. The summed E-state index contributed by atoms with van der Waals surface area (Å²) in [4.78, 5) is 12.9. The van der Waals surface area contributed by atoms with Gasteiger partial charge >= 0.3 is 0 Å². The summed E-state index contributed by atoms with van der Waals surface area (Å²) in [6, 6.07) is 2.69. The first-order valence-electron chi connectivity index (χ1n) is 4.87. The van der Waals surface area contributed by atoms with E-state index in [1.807, 2.05) is 0 Å². The van der Waals surface area contributed by atoms with Crippen molar-refractivity contribution in [2.75, 3.05) is 0 Å². The summed E-state index contributed by atoms with van der Waals surface area (Å²) < 4.78 is 13.7. The molecule has 7 heteroatoms. The number of hydrogen-bond donors (Lipinski definition) is 0. The van der Waals surface area contributed by atoms with Crippen LogP contribution in [-0.2, 0) is 0 Å². The Morgan fingerprint density at radius 3 is 2.72 bits per heavy atom. The molecule has 0 bridgehead atoms. The smallest absolute Gasteiger partial charge is 0.173 e. The minimum absolute atomic E-state index is 0.117. The van der Waals surface area contributed by atoms with Gasteiger partial charge in [-0.25, -0.2) is 14.4 Å². The van der Waals surface area contributed by atoms with Gasteiger partial charge in [0.05, 0.1) is 20.8 Å². The molecule has 0 saturated heterocycles. The lowest BCUT2D eigenvalue weighted by atomic mass is 10.2. The van der Waals surface area contributed by atoms with Crippen molar-refractivity contribution in [1.82, 2.24) is 15.0 Å². The van der Waals surface area contributed by atoms with E-state index >= 15 is 0 Å². The second-order valence-electron chi connectivity index (χ2n) is 3.46. The van der Waals surface area contributed by atoms with E-state index in [4.69, 9.17) is 23.2 Å². The number of nitrogens with zero attached hydrogens (tertiary/aromatic N) is 3. The Kier molecular flexibility index (Phi) is 2.89. The van der Waals surface area contributed by atoms with Gasteiger partial charge in [-0.15, -0.1) is 11.3 Å². The number of hydrogen-bond acceptors (Lipinski definition) is 4. The molecule has 0 radical (unpaired) electrons. The molecule has 3 nitrogen and oxygen atoms in total. The van der Waals surface area contributed by atoms with Crippen molar-refractivity contribution in [2.24, 2.45) is 0 Å². The summed E-state index contributed by atoms with van der Waals surface area (Å²) in [6.45, 7) is 0. The van der Waals surface area contributed by atoms with Gasteiger partial charge in [-0.1, -0.05) is 23.2 Å². The highest BCUT2D eigenvalue weighted by Crippen LogP contribution is 2.32. The van der Waals surface area contributed by atoms with E-state index in [1.165, 1.54) is 23.5 Å². The Morgan fingerprint density at radius 2 is 2.00 bits per heavy atom. The Bertz CT molecular complexity index is 731. The lowest BCUT2D eigenvalue weighted by molar-refractivity contribution is 0.636. The fraction of sp³-hybridized carbons (Fsp3) is 0. The molecule has 1 aromatic carbocycles. The van der Waals surface area contributed by atoms with Gasteiger partial charge in [0.1, 0.15) is 16.5 Å².